The van der Waals surface area contributed by atoms with Crippen LogP contribution < -0.4 is 10.5 Å². The van der Waals surface area contributed by atoms with E-state index in [1.807, 2.05) is 12.1 Å². The zero-order valence-electron chi connectivity index (χ0n) is 10.3. The van der Waals surface area contributed by atoms with E-state index in [-0.39, 0.29) is 0 Å². The summed E-state index contributed by atoms with van der Waals surface area (Å²) in [5.74, 6) is 0.929. The van der Waals surface area contributed by atoms with Crippen LogP contribution in [0, 0.1) is 13.8 Å². The molecule has 0 spiro atoms. The van der Waals surface area contributed by atoms with Gasteiger partial charge in [-0.25, -0.2) is 0 Å². The fourth-order valence-electron chi connectivity index (χ4n) is 1.58. The van der Waals surface area contributed by atoms with Crippen molar-refractivity contribution >= 4 is 33.1 Å². The van der Waals surface area contributed by atoms with Gasteiger partial charge in [-0.05, 0) is 56.4 Å². The number of unbranched alkanes of at least 4 members (excludes halogenated alkanes) is 1. The lowest BCUT2D eigenvalue weighted by Crippen LogP contribution is -2.08. The average molecular weight is 316 g/mol. The number of nitrogens with two attached hydrogens (primary N) is 1. The molecular formula is C13H18BrNOS. The lowest BCUT2D eigenvalue weighted by atomic mass is 10.1. The van der Waals surface area contributed by atoms with Crippen LogP contribution in [-0.4, -0.2) is 11.6 Å². The van der Waals surface area contributed by atoms with Crippen molar-refractivity contribution in [2.75, 3.05) is 6.61 Å². The Morgan fingerprint density at radius 3 is 2.41 bits per heavy atom. The van der Waals surface area contributed by atoms with E-state index in [1.54, 1.807) is 0 Å². The molecule has 4 heteroatoms. The summed E-state index contributed by atoms with van der Waals surface area (Å²) in [7, 11) is 0. The van der Waals surface area contributed by atoms with E-state index >= 15 is 0 Å². The molecule has 0 amide bonds. The highest BCUT2D eigenvalue weighted by molar-refractivity contribution is 9.10. The number of aryl methyl sites for hydroxylation is 2. The number of thiocarbonyl (C=S) groups is 1. The van der Waals surface area contributed by atoms with Crippen LogP contribution >= 0.6 is 28.1 Å². The molecule has 0 radical (unpaired) electrons. The van der Waals surface area contributed by atoms with E-state index in [0.29, 0.717) is 11.6 Å². The Labute approximate surface area is 117 Å². The van der Waals surface area contributed by atoms with Crippen LogP contribution in [0.15, 0.2) is 16.6 Å². The van der Waals surface area contributed by atoms with Crippen molar-refractivity contribution in [3.8, 4) is 5.75 Å². The summed E-state index contributed by atoms with van der Waals surface area (Å²) >= 11 is 8.36. The minimum absolute atomic E-state index is 0.584. The second-order valence-electron chi connectivity index (χ2n) is 4.14. The third-order valence-corrected chi connectivity index (χ3v) is 3.95. The predicted octanol–water partition coefficient (Wildman–Crippen LogP) is 3.90. The summed E-state index contributed by atoms with van der Waals surface area (Å²) in [5, 5.41) is 0. The van der Waals surface area contributed by atoms with Gasteiger partial charge in [0.05, 0.1) is 11.6 Å². The summed E-state index contributed by atoms with van der Waals surface area (Å²) in [4.78, 5) is 0.584. The Morgan fingerprint density at radius 2 is 1.88 bits per heavy atom. The number of rotatable bonds is 6. The number of benzene rings is 1. The first-order chi connectivity index (χ1) is 8.00. The molecule has 2 N–H and O–H groups in total. The fourth-order valence-corrected chi connectivity index (χ4v) is 1.95. The Hall–Kier alpha value is -0.610. The molecule has 94 valence electrons. The largest absolute Gasteiger partial charge is 0.494 e. The van der Waals surface area contributed by atoms with Crippen LogP contribution in [0.1, 0.15) is 30.4 Å². The molecule has 1 aromatic carbocycles. The Morgan fingerprint density at radius 1 is 1.29 bits per heavy atom. The second kappa shape index (κ2) is 6.97. The maximum atomic E-state index is 5.70. The molecule has 1 rings (SSSR count). The summed E-state index contributed by atoms with van der Waals surface area (Å²) < 4.78 is 6.85. The van der Waals surface area contributed by atoms with Crippen LogP contribution in [0.5, 0.6) is 5.75 Å². The number of hydrogen-bond donors (Lipinski definition) is 1. The van der Waals surface area contributed by atoms with Crippen molar-refractivity contribution in [2.45, 2.75) is 33.1 Å². The lowest BCUT2D eigenvalue weighted by Gasteiger charge is -2.10. The zero-order valence-corrected chi connectivity index (χ0v) is 12.7. The molecule has 0 saturated heterocycles. The molecule has 0 aliphatic rings. The van der Waals surface area contributed by atoms with Crippen LogP contribution in [0.2, 0.25) is 0 Å². The Kier molecular flexibility index (Phi) is 5.92. The minimum atomic E-state index is 0.584. The highest BCUT2D eigenvalue weighted by atomic mass is 79.9. The van der Waals surface area contributed by atoms with Crippen LogP contribution in [0.4, 0.5) is 0 Å². The van der Waals surface area contributed by atoms with E-state index in [1.165, 1.54) is 11.1 Å². The molecule has 0 aliphatic heterocycles. The van der Waals surface area contributed by atoms with Gasteiger partial charge in [0.2, 0.25) is 0 Å². The average Bonchev–Trinajstić information content (AvgIpc) is 2.25. The lowest BCUT2D eigenvalue weighted by molar-refractivity contribution is 0.307. The predicted molar refractivity (Wildman–Crippen MR) is 79.7 cm³/mol. The molecule has 0 heterocycles. The third-order valence-electron chi connectivity index (χ3n) is 2.50. The van der Waals surface area contributed by atoms with E-state index in [4.69, 9.17) is 22.7 Å². The maximum absolute atomic E-state index is 5.70. The fraction of sp³-hybridized carbons (Fsp3) is 0.462. The monoisotopic (exact) mass is 315 g/mol. The van der Waals surface area contributed by atoms with E-state index in [2.05, 4.69) is 29.8 Å². The first kappa shape index (κ1) is 14.5. The molecule has 0 unspecified atom stereocenters. The number of ether oxygens (including phenoxy) is 1. The van der Waals surface area contributed by atoms with Gasteiger partial charge >= 0.3 is 0 Å². The molecule has 0 aliphatic carbocycles. The van der Waals surface area contributed by atoms with Crippen LogP contribution in [0.25, 0.3) is 0 Å². The van der Waals surface area contributed by atoms with E-state index < -0.39 is 0 Å². The summed E-state index contributed by atoms with van der Waals surface area (Å²) in [6, 6.07) is 4.09. The van der Waals surface area contributed by atoms with Gasteiger partial charge in [-0.2, -0.15) is 0 Å². The molecule has 0 saturated carbocycles. The standard InChI is InChI=1S/C13H18BrNOS/c1-9-7-11(8-10(2)13(9)14)16-6-4-3-5-12(15)17/h7-8H,3-6H2,1-2H3,(H2,15,17). The molecule has 0 aromatic heterocycles. The normalized spacial score (nSPS) is 10.3. The summed E-state index contributed by atoms with van der Waals surface area (Å²) in [6.07, 6.45) is 2.77. The Balaban J connectivity index is 2.39. The van der Waals surface area contributed by atoms with Crippen molar-refractivity contribution < 1.29 is 4.74 Å². The van der Waals surface area contributed by atoms with Gasteiger partial charge < -0.3 is 10.5 Å². The molecular weight excluding hydrogens is 298 g/mol. The molecule has 0 bridgehead atoms. The van der Waals surface area contributed by atoms with Crippen molar-refractivity contribution in [1.82, 2.24) is 0 Å². The second-order valence-corrected chi connectivity index (χ2v) is 5.46. The summed E-state index contributed by atoms with van der Waals surface area (Å²) in [5.41, 5.74) is 7.82. The summed E-state index contributed by atoms with van der Waals surface area (Å²) in [6.45, 7) is 4.84. The van der Waals surface area contributed by atoms with Crippen molar-refractivity contribution in [3.63, 3.8) is 0 Å². The highest BCUT2D eigenvalue weighted by Gasteiger charge is 2.03. The third kappa shape index (κ3) is 5.04. The van der Waals surface area contributed by atoms with Gasteiger partial charge in [0, 0.05) is 4.47 Å². The minimum Gasteiger partial charge on any atom is -0.494 e. The van der Waals surface area contributed by atoms with E-state index in [9.17, 15) is 0 Å². The van der Waals surface area contributed by atoms with Crippen LogP contribution in [-0.2, 0) is 0 Å². The van der Waals surface area contributed by atoms with Gasteiger partial charge in [0.15, 0.2) is 0 Å². The quantitative estimate of drug-likeness (QED) is 0.638. The molecule has 2 nitrogen and oxygen atoms in total. The van der Waals surface area contributed by atoms with Gasteiger partial charge in [-0.15, -0.1) is 0 Å². The number of hydrogen-bond acceptors (Lipinski definition) is 2. The SMILES string of the molecule is Cc1cc(OCCCCC(N)=S)cc(C)c1Br. The van der Waals surface area contributed by atoms with Crippen molar-refractivity contribution in [1.29, 1.82) is 0 Å². The number of halogens is 1. The van der Waals surface area contributed by atoms with Crippen molar-refractivity contribution in [2.24, 2.45) is 5.73 Å². The molecule has 0 fully saturated rings. The molecule has 0 atom stereocenters. The maximum Gasteiger partial charge on any atom is 0.119 e. The van der Waals surface area contributed by atoms with Crippen molar-refractivity contribution in [3.05, 3.63) is 27.7 Å². The first-order valence-electron chi connectivity index (χ1n) is 5.68. The zero-order chi connectivity index (χ0) is 12.8. The topological polar surface area (TPSA) is 35.2 Å². The van der Waals surface area contributed by atoms with Crippen LogP contribution in [0.3, 0.4) is 0 Å². The van der Waals surface area contributed by atoms with Gasteiger partial charge in [0.25, 0.3) is 0 Å². The highest BCUT2D eigenvalue weighted by Crippen LogP contribution is 2.26. The molecule has 17 heavy (non-hydrogen) atoms. The van der Waals surface area contributed by atoms with E-state index in [0.717, 1.165) is 29.5 Å². The smallest absolute Gasteiger partial charge is 0.119 e. The molecule has 1 aromatic rings. The first-order valence-corrected chi connectivity index (χ1v) is 6.88. The van der Waals surface area contributed by atoms with Gasteiger partial charge in [0.1, 0.15) is 5.75 Å². The Bertz CT molecular complexity index is 383. The van der Waals surface area contributed by atoms with Gasteiger partial charge in [-0.3, -0.25) is 0 Å². The van der Waals surface area contributed by atoms with Gasteiger partial charge in [-0.1, -0.05) is 28.1 Å².